The van der Waals surface area contributed by atoms with E-state index in [1.54, 1.807) is 31.4 Å². The largest absolute Gasteiger partial charge is 0.497 e. The van der Waals surface area contributed by atoms with Crippen molar-refractivity contribution >= 4 is 23.9 Å². The minimum atomic E-state index is -1.01. The van der Waals surface area contributed by atoms with Crippen molar-refractivity contribution in [3.63, 3.8) is 0 Å². The number of amides is 2. The summed E-state index contributed by atoms with van der Waals surface area (Å²) in [6, 6.07) is 6.90. The second-order valence-electron chi connectivity index (χ2n) is 4.41. The van der Waals surface area contributed by atoms with Crippen molar-refractivity contribution in [2.24, 2.45) is 0 Å². The molecule has 0 aromatic heterocycles. The highest BCUT2D eigenvalue weighted by atomic mass is 16.5. The monoisotopic (exact) mass is 306 g/mol. The molecule has 0 unspecified atom stereocenters. The second-order valence-corrected chi connectivity index (χ2v) is 4.41. The number of methoxy groups -OCH3 is 1. The number of hydrogen-bond donors (Lipinski definition) is 3. The van der Waals surface area contributed by atoms with Crippen LogP contribution in [0.5, 0.6) is 5.75 Å². The summed E-state index contributed by atoms with van der Waals surface area (Å²) in [5.41, 5.74) is 0.737. The molecule has 0 saturated carbocycles. The number of benzene rings is 1. The summed E-state index contributed by atoms with van der Waals surface area (Å²) in [6.45, 7) is 1.26. The number of carboxylic acid groups (broad SMARTS) is 1. The van der Waals surface area contributed by atoms with Crippen molar-refractivity contribution in [1.82, 2.24) is 10.6 Å². The maximum atomic E-state index is 12.0. The predicted molar refractivity (Wildman–Crippen MR) is 80.1 cm³/mol. The molecule has 0 fully saturated rings. The van der Waals surface area contributed by atoms with Gasteiger partial charge in [0.1, 0.15) is 11.4 Å². The first kappa shape index (κ1) is 17.2. The van der Waals surface area contributed by atoms with E-state index in [2.05, 4.69) is 10.6 Å². The smallest absolute Gasteiger partial charge is 0.305 e. The molecule has 1 aromatic carbocycles. The Labute approximate surface area is 128 Å². The normalized spacial score (nSPS) is 10.7. The van der Waals surface area contributed by atoms with Crippen LogP contribution < -0.4 is 15.4 Å². The molecule has 0 heterocycles. The van der Waals surface area contributed by atoms with Crippen LogP contribution in [0.3, 0.4) is 0 Å². The number of rotatable bonds is 7. The molecule has 1 rings (SSSR count). The molecule has 7 heteroatoms. The molecule has 22 heavy (non-hydrogen) atoms. The van der Waals surface area contributed by atoms with E-state index in [1.165, 1.54) is 13.0 Å². The van der Waals surface area contributed by atoms with E-state index in [0.29, 0.717) is 11.3 Å². The van der Waals surface area contributed by atoms with Gasteiger partial charge in [-0.3, -0.25) is 14.4 Å². The first-order valence-corrected chi connectivity index (χ1v) is 6.55. The lowest BCUT2D eigenvalue weighted by molar-refractivity contribution is -0.137. The number of ether oxygens (including phenoxy) is 1. The Morgan fingerprint density at radius 1 is 1.23 bits per heavy atom. The van der Waals surface area contributed by atoms with Crippen molar-refractivity contribution in [3.05, 3.63) is 35.5 Å². The van der Waals surface area contributed by atoms with Gasteiger partial charge in [0, 0.05) is 13.5 Å². The van der Waals surface area contributed by atoms with Crippen LogP contribution in [0.2, 0.25) is 0 Å². The molecule has 0 aliphatic heterocycles. The van der Waals surface area contributed by atoms with Crippen LogP contribution in [0.25, 0.3) is 6.08 Å². The zero-order valence-electron chi connectivity index (χ0n) is 12.4. The van der Waals surface area contributed by atoms with Crippen LogP contribution in [-0.2, 0) is 14.4 Å². The van der Waals surface area contributed by atoms with E-state index in [9.17, 15) is 14.4 Å². The number of carboxylic acids is 1. The van der Waals surface area contributed by atoms with Crippen molar-refractivity contribution in [2.75, 3.05) is 13.7 Å². The van der Waals surface area contributed by atoms with Gasteiger partial charge < -0.3 is 20.5 Å². The minimum absolute atomic E-state index is 0.0201. The Balaban J connectivity index is 2.85. The van der Waals surface area contributed by atoms with Crippen LogP contribution >= 0.6 is 0 Å². The summed E-state index contributed by atoms with van der Waals surface area (Å²) < 4.78 is 5.04. The SMILES string of the molecule is COc1ccc(/C=C(\NC(C)=O)C(=O)NCCC(=O)O)cc1. The third-order valence-corrected chi connectivity index (χ3v) is 2.61. The summed E-state index contributed by atoms with van der Waals surface area (Å²) >= 11 is 0. The molecular formula is C15H18N2O5. The van der Waals surface area contributed by atoms with E-state index >= 15 is 0 Å². The molecule has 0 spiro atoms. The minimum Gasteiger partial charge on any atom is -0.497 e. The molecule has 0 aliphatic carbocycles. The van der Waals surface area contributed by atoms with E-state index < -0.39 is 17.8 Å². The van der Waals surface area contributed by atoms with Gasteiger partial charge in [0.05, 0.1) is 13.5 Å². The molecular weight excluding hydrogens is 288 g/mol. The Hall–Kier alpha value is -2.83. The summed E-state index contributed by atoms with van der Waals surface area (Å²) in [5.74, 6) is -1.29. The van der Waals surface area contributed by atoms with E-state index in [4.69, 9.17) is 9.84 Å². The Kier molecular flexibility index (Phi) is 6.62. The molecule has 2 amide bonds. The van der Waals surface area contributed by atoms with Gasteiger partial charge in [0.2, 0.25) is 5.91 Å². The molecule has 0 bridgehead atoms. The molecule has 3 N–H and O–H groups in total. The summed E-state index contributed by atoms with van der Waals surface area (Å²) in [7, 11) is 1.55. The Morgan fingerprint density at radius 3 is 2.36 bits per heavy atom. The fourth-order valence-corrected chi connectivity index (χ4v) is 1.59. The highest BCUT2D eigenvalue weighted by molar-refractivity contribution is 6.01. The number of aliphatic carboxylic acids is 1. The average Bonchev–Trinajstić information content (AvgIpc) is 2.46. The molecule has 0 atom stereocenters. The van der Waals surface area contributed by atoms with E-state index in [-0.39, 0.29) is 18.7 Å². The highest BCUT2D eigenvalue weighted by Crippen LogP contribution is 2.13. The Bertz CT molecular complexity index is 578. The number of carbonyl (C=O) groups excluding carboxylic acids is 2. The third-order valence-electron chi connectivity index (χ3n) is 2.61. The van der Waals surface area contributed by atoms with Gasteiger partial charge in [-0.2, -0.15) is 0 Å². The van der Waals surface area contributed by atoms with Crippen LogP contribution in [-0.4, -0.2) is 36.5 Å². The van der Waals surface area contributed by atoms with Gasteiger partial charge in [0.15, 0.2) is 0 Å². The van der Waals surface area contributed by atoms with Crippen LogP contribution in [0.1, 0.15) is 18.9 Å². The van der Waals surface area contributed by atoms with Gasteiger partial charge >= 0.3 is 5.97 Å². The zero-order valence-corrected chi connectivity index (χ0v) is 12.4. The van der Waals surface area contributed by atoms with Crippen LogP contribution in [0, 0.1) is 0 Å². The number of carbonyl (C=O) groups is 3. The van der Waals surface area contributed by atoms with Crippen molar-refractivity contribution in [1.29, 1.82) is 0 Å². The first-order valence-electron chi connectivity index (χ1n) is 6.55. The number of nitrogens with one attached hydrogen (secondary N) is 2. The molecule has 0 aliphatic rings. The molecule has 1 aromatic rings. The van der Waals surface area contributed by atoms with Gasteiger partial charge in [0.25, 0.3) is 5.91 Å². The van der Waals surface area contributed by atoms with Gasteiger partial charge in [-0.1, -0.05) is 12.1 Å². The average molecular weight is 306 g/mol. The van der Waals surface area contributed by atoms with E-state index in [0.717, 1.165) is 0 Å². The quantitative estimate of drug-likeness (QED) is 0.645. The van der Waals surface area contributed by atoms with Gasteiger partial charge in [-0.25, -0.2) is 0 Å². The fourth-order valence-electron chi connectivity index (χ4n) is 1.59. The number of hydrogen-bond acceptors (Lipinski definition) is 4. The highest BCUT2D eigenvalue weighted by Gasteiger charge is 2.11. The summed E-state index contributed by atoms with van der Waals surface area (Å²) in [5, 5.41) is 13.4. The molecule has 0 radical (unpaired) electrons. The maximum Gasteiger partial charge on any atom is 0.305 e. The Morgan fingerprint density at radius 2 is 1.86 bits per heavy atom. The first-order chi connectivity index (χ1) is 10.4. The summed E-state index contributed by atoms with van der Waals surface area (Å²) in [6.07, 6.45) is 1.30. The van der Waals surface area contributed by atoms with Crippen molar-refractivity contribution in [2.45, 2.75) is 13.3 Å². The zero-order chi connectivity index (χ0) is 16.5. The molecule has 7 nitrogen and oxygen atoms in total. The molecule has 0 saturated heterocycles. The predicted octanol–water partition coefficient (Wildman–Crippen LogP) is 0.763. The molecule has 118 valence electrons. The maximum absolute atomic E-state index is 12.0. The lowest BCUT2D eigenvalue weighted by Crippen LogP contribution is -2.34. The fraction of sp³-hybridized carbons (Fsp3) is 0.267. The van der Waals surface area contributed by atoms with Crippen LogP contribution in [0.15, 0.2) is 30.0 Å². The third kappa shape index (κ3) is 6.08. The lowest BCUT2D eigenvalue weighted by Gasteiger charge is -2.09. The van der Waals surface area contributed by atoms with Gasteiger partial charge in [-0.15, -0.1) is 0 Å². The van der Waals surface area contributed by atoms with E-state index in [1.807, 2.05) is 0 Å². The van der Waals surface area contributed by atoms with Crippen molar-refractivity contribution < 1.29 is 24.2 Å². The topological polar surface area (TPSA) is 105 Å². The lowest BCUT2D eigenvalue weighted by atomic mass is 10.1. The van der Waals surface area contributed by atoms with Crippen LogP contribution in [0.4, 0.5) is 0 Å². The van der Waals surface area contributed by atoms with Gasteiger partial charge in [-0.05, 0) is 23.8 Å². The summed E-state index contributed by atoms with van der Waals surface area (Å²) in [4.78, 5) is 33.6. The van der Waals surface area contributed by atoms with Crippen molar-refractivity contribution in [3.8, 4) is 5.75 Å². The standard InChI is InChI=1S/C15H18N2O5/c1-10(18)17-13(15(21)16-8-7-14(19)20)9-11-3-5-12(22-2)6-4-11/h3-6,9H,7-8H2,1-2H3,(H,16,21)(H,17,18)(H,19,20)/b13-9-. The second kappa shape index (κ2) is 8.46.